The van der Waals surface area contributed by atoms with Gasteiger partial charge in [-0.2, -0.15) is 0 Å². The lowest BCUT2D eigenvalue weighted by atomic mass is 9.73. The molecule has 1 unspecified atom stereocenters. The molecule has 5 nitrogen and oxygen atoms in total. The van der Waals surface area contributed by atoms with Gasteiger partial charge in [0.05, 0.1) is 12.1 Å². The second-order valence-electron chi connectivity index (χ2n) is 7.75. The van der Waals surface area contributed by atoms with Crippen LogP contribution in [-0.2, 0) is 9.47 Å². The van der Waals surface area contributed by atoms with E-state index in [4.69, 9.17) is 15.2 Å². The van der Waals surface area contributed by atoms with E-state index >= 15 is 0 Å². The van der Waals surface area contributed by atoms with Gasteiger partial charge in [0.25, 0.3) is 0 Å². The predicted octanol–water partition coefficient (Wildman–Crippen LogP) is 1.94. The molecule has 2 saturated carbocycles. The first-order chi connectivity index (χ1) is 9.22. The van der Waals surface area contributed by atoms with Gasteiger partial charge >= 0.3 is 6.09 Å². The van der Waals surface area contributed by atoms with Crippen LogP contribution in [0.15, 0.2) is 0 Å². The highest BCUT2D eigenvalue weighted by atomic mass is 16.6. The van der Waals surface area contributed by atoms with Crippen molar-refractivity contribution < 1.29 is 14.3 Å². The average Bonchev–Trinajstić information content (AvgIpc) is 3.19. The first kappa shape index (κ1) is 14.1. The molecule has 20 heavy (non-hydrogen) atoms. The summed E-state index contributed by atoms with van der Waals surface area (Å²) in [6.45, 7) is 6.88. The number of amides is 1. The fourth-order valence-corrected chi connectivity index (χ4v) is 3.85. The summed E-state index contributed by atoms with van der Waals surface area (Å²) in [4.78, 5) is 12.2. The van der Waals surface area contributed by atoms with Crippen LogP contribution in [-0.4, -0.2) is 36.0 Å². The number of nitrogens with two attached hydrogens (primary N) is 1. The number of ether oxygens (including phenoxy) is 2. The molecule has 1 atom stereocenters. The van der Waals surface area contributed by atoms with Gasteiger partial charge in [0, 0.05) is 17.6 Å². The Kier molecular flexibility index (Phi) is 2.90. The van der Waals surface area contributed by atoms with Crippen molar-refractivity contribution in [2.45, 2.75) is 69.6 Å². The van der Waals surface area contributed by atoms with Crippen LogP contribution in [0.5, 0.6) is 0 Å². The lowest BCUT2D eigenvalue weighted by Crippen LogP contribution is -2.62. The minimum absolute atomic E-state index is 0.0212. The lowest BCUT2D eigenvalue weighted by Gasteiger charge is -2.41. The molecule has 3 N–H and O–H groups in total. The second kappa shape index (κ2) is 4.10. The molecule has 3 aliphatic rings. The fraction of sp³-hybridized carbons (Fsp3) is 0.933. The van der Waals surface area contributed by atoms with Crippen LogP contribution in [0.1, 0.15) is 52.9 Å². The molecule has 0 radical (unpaired) electrons. The van der Waals surface area contributed by atoms with Gasteiger partial charge in [0.15, 0.2) is 0 Å². The van der Waals surface area contributed by atoms with Gasteiger partial charge in [-0.3, -0.25) is 0 Å². The van der Waals surface area contributed by atoms with Crippen LogP contribution in [0.3, 0.4) is 0 Å². The number of alkyl carbamates (subject to hydrolysis) is 1. The molecule has 5 heteroatoms. The summed E-state index contributed by atoms with van der Waals surface area (Å²) in [5.74, 6) is 0. The lowest BCUT2D eigenvalue weighted by molar-refractivity contribution is 0.0321. The highest BCUT2D eigenvalue weighted by Crippen LogP contribution is 2.69. The zero-order valence-corrected chi connectivity index (χ0v) is 12.8. The summed E-state index contributed by atoms with van der Waals surface area (Å²) >= 11 is 0. The molecular weight excluding hydrogens is 256 g/mol. The van der Waals surface area contributed by atoms with E-state index in [1.54, 1.807) is 0 Å². The maximum Gasteiger partial charge on any atom is 0.408 e. The Balaban J connectivity index is 1.78. The van der Waals surface area contributed by atoms with E-state index in [2.05, 4.69) is 5.32 Å². The first-order valence-corrected chi connectivity index (χ1v) is 7.60. The monoisotopic (exact) mass is 282 g/mol. The molecule has 0 spiro atoms. The largest absolute Gasteiger partial charge is 0.444 e. The number of nitrogens with one attached hydrogen (secondary N) is 1. The Hall–Kier alpha value is -0.810. The SMILES string of the molecule is CC(C)(C)OC(=O)NC1(C2(C3(N)CC3)CC2)CCOC1. The molecule has 1 heterocycles. The number of carbonyl (C=O) groups is 1. The number of hydrogen-bond acceptors (Lipinski definition) is 4. The van der Waals surface area contributed by atoms with Gasteiger partial charge in [0.2, 0.25) is 0 Å². The molecule has 0 aromatic carbocycles. The van der Waals surface area contributed by atoms with Crippen LogP contribution in [0, 0.1) is 5.41 Å². The third-order valence-corrected chi connectivity index (χ3v) is 5.17. The highest BCUT2D eigenvalue weighted by molar-refractivity contribution is 5.69. The van der Waals surface area contributed by atoms with Crippen LogP contribution >= 0.6 is 0 Å². The normalized spacial score (nSPS) is 33.6. The summed E-state index contributed by atoms with van der Waals surface area (Å²) in [5.41, 5.74) is 5.61. The topological polar surface area (TPSA) is 73.6 Å². The first-order valence-electron chi connectivity index (χ1n) is 7.60. The Bertz CT molecular complexity index is 413. The van der Waals surface area contributed by atoms with Gasteiger partial charge < -0.3 is 20.5 Å². The number of hydrogen-bond donors (Lipinski definition) is 2. The minimum atomic E-state index is -0.485. The molecule has 2 aliphatic carbocycles. The molecule has 3 fully saturated rings. The van der Waals surface area contributed by atoms with E-state index in [9.17, 15) is 4.79 Å². The summed E-state index contributed by atoms with van der Waals surface area (Å²) in [7, 11) is 0. The van der Waals surface area contributed by atoms with E-state index in [1.165, 1.54) is 0 Å². The predicted molar refractivity (Wildman–Crippen MR) is 75.4 cm³/mol. The van der Waals surface area contributed by atoms with Crippen LogP contribution in [0.25, 0.3) is 0 Å². The van der Waals surface area contributed by atoms with Crippen molar-refractivity contribution in [2.75, 3.05) is 13.2 Å². The van der Waals surface area contributed by atoms with E-state index in [1.807, 2.05) is 20.8 Å². The van der Waals surface area contributed by atoms with Crippen molar-refractivity contribution >= 4 is 6.09 Å². The second-order valence-corrected chi connectivity index (χ2v) is 7.75. The third kappa shape index (κ3) is 2.11. The van der Waals surface area contributed by atoms with Crippen molar-refractivity contribution in [1.82, 2.24) is 5.32 Å². The Morgan fingerprint density at radius 1 is 1.20 bits per heavy atom. The van der Waals surface area contributed by atoms with Crippen LogP contribution in [0.2, 0.25) is 0 Å². The quantitative estimate of drug-likeness (QED) is 0.829. The van der Waals surface area contributed by atoms with Crippen molar-refractivity contribution in [3.05, 3.63) is 0 Å². The molecule has 1 aliphatic heterocycles. The van der Waals surface area contributed by atoms with E-state index in [0.29, 0.717) is 13.2 Å². The van der Waals surface area contributed by atoms with Gasteiger partial charge in [-0.05, 0) is 52.9 Å². The Labute approximate surface area is 120 Å². The van der Waals surface area contributed by atoms with Crippen molar-refractivity contribution in [1.29, 1.82) is 0 Å². The standard InChI is InChI=1S/C15H26N2O3/c1-12(2,3)20-11(18)17-15(8-9-19-10-15)13(4-5-13)14(16)6-7-14/h4-10,16H2,1-3H3,(H,17,18). The maximum atomic E-state index is 12.2. The van der Waals surface area contributed by atoms with Crippen molar-refractivity contribution in [3.63, 3.8) is 0 Å². The molecule has 114 valence electrons. The molecule has 0 aromatic heterocycles. The molecule has 1 amide bonds. The molecule has 0 bridgehead atoms. The van der Waals surface area contributed by atoms with E-state index < -0.39 is 5.60 Å². The molecular formula is C15H26N2O3. The molecule has 0 aromatic rings. The summed E-state index contributed by atoms with van der Waals surface area (Å²) < 4.78 is 11.0. The summed E-state index contributed by atoms with van der Waals surface area (Å²) in [5, 5.41) is 3.13. The summed E-state index contributed by atoms with van der Waals surface area (Å²) in [6, 6.07) is 0. The Morgan fingerprint density at radius 2 is 1.85 bits per heavy atom. The number of carbonyl (C=O) groups excluding carboxylic acids is 1. The summed E-state index contributed by atoms with van der Waals surface area (Å²) in [6.07, 6.45) is 4.78. The fourth-order valence-electron chi connectivity index (χ4n) is 3.85. The van der Waals surface area contributed by atoms with E-state index in [0.717, 1.165) is 32.1 Å². The van der Waals surface area contributed by atoms with E-state index in [-0.39, 0.29) is 22.6 Å². The number of rotatable bonds is 3. The Morgan fingerprint density at radius 3 is 2.25 bits per heavy atom. The van der Waals surface area contributed by atoms with Gasteiger partial charge in [-0.1, -0.05) is 0 Å². The van der Waals surface area contributed by atoms with Gasteiger partial charge in [-0.15, -0.1) is 0 Å². The van der Waals surface area contributed by atoms with Gasteiger partial charge in [-0.25, -0.2) is 4.79 Å². The van der Waals surface area contributed by atoms with Crippen LogP contribution < -0.4 is 11.1 Å². The zero-order valence-electron chi connectivity index (χ0n) is 12.8. The minimum Gasteiger partial charge on any atom is -0.444 e. The van der Waals surface area contributed by atoms with Gasteiger partial charge in [0.1, 0.15) is 5.60 Å². The van der Waals surface area contributed by atoms with Crippen LogP contribution in [0.4, 0.5) is 4.79 Å². The molecule has 3 rings (SSSR count). The maximum absolute atomic E-state index is 12.2. The average molecular weight is 282 g/mol. The van der Waals surface area contributed by atoms with Crippen molar-refractivity contribution in [3.8, 4) is 0 Å². The highest BCUT2D eigenvalue weighted by Gasteiger charge is 2.73. The third-order valence-electron chi connectivity index (χ3n) is 5.17. The zero-order chi connectivity index (χ0) is 14.6. The van der Waals surface area contributed by atoms with Crippen molar-refractivity contribution in [2.24, 2.45) is 11.1 Å². The molecule has 1 saturated heterocycles. The smallest absolute Gasteiger partial charge is 0.408 e.